The standard InChI is InChI=1S/C18H17ClN4O3/c19-15-8-11-7-13(22-14(11)9-21-15)18(26)23-12(16(24)17(20)25)6-10-4-2-1-3-5-10/h1-5,7-9,12,16,22,24H,6H2,(H2,20,25)(H,23,26)/t12-,16+/m0/s1. The second-order valence-electron chi connectivity index (χ2n) is 5.89. The van der Waals surface area contributed by atoms with Crippen LogP contribution in [0, 0.1) is 0 Å². The summed E-state index contributed by atoms with van der Waals surface area (Å²) in [4.78, 5) is 30.9. The lowest BCUT2D eigenvalue weighted by atomic mass is 10.0. The fourth-order valence-corrected chi connectivity index (χ4v) is 2.85. The summed E-state index contributed by atoms with van der Waals surface area (Å²) >= 11 is 5.85. The number of nitrogens with one attached hydrogen (secondary N) is 2. The first-order valence-electron chi connectivity index (χ1n) is 7.90. The van der Waals surface area contributed by atoms with E-state index in [1.165, 1.54) is 6.20 Å². The minimum Gasteiger partial charge on any atom is -0.381 e. The summed E-state index contributed by atoms with van der Waals surface area (Å²) in [5.74, 6) is -1.38. The number of aliphatic hydroxyl groups excluding tert-OH is 1. The Morgan fingerprint density at radius 1 is 1.27 bits per heavy atom. The van der Waals surface area contributed by atoms with Gasteiger partial charge in [0.05, 0.1) is 17.8 Å². The monoisotopic (exact) mass is 372 g/mol. The van der Waals surface area contributed by atoms with Crippen LogP contribution >= 0.6 is 11.6 Å². The number of rotatable bonds is 6. The molecule has 5 N–H and O–H groups in total. The number of halogens is 1. The van der Waals surface area contributed by atoms with E-state index in [1.54, 1.807) is 12.1 Å². The first-order chi connectivity index (χ1) is 12.4. The zero-order valence-corrected chi connectivity index (χ0v) is 14.4. The molecule has 3 rings (SSSR count). The van der Waals surface area contributed by atoms with Crippen molar-refractivity contribution >= 4 is 34.3 Å². The van der Waals surface area contributed by atoms with Crippen LogP contribution in [-0.2, 0) is 11.2 Å². The number of aromatic amines is 1. The van der Waals surface area contributed by atoms with E-state index in [-0.39, 0.29) is 12.1 Å². The van der Waals surface area contributed by atoms with Gasteiger partial charge < -0.3 is 21.1 Å². The van der Waals surface area contributed by atoms with Crippen molar-refractivity contribution in [3.05, 3.63) is 65.1 Å². The second-order valence-corrected chi connectivity index (χ2v) is 6.28. The average Bonchev–Trinajstić information content (AvgIpc) is 3.04. The summed E-state index contributed by atoms with van der Waals surface area (Å²) in [7, 11) is 0. The van der Waals surface area contributed by atoms with Crippen molar-refractivity contribution in [1.29, 1.82) is 0 Å². The number of nitrogens with two attached hydrogens (primary N) is 1. The average molecular weight is 373 g/mol. The molecule has 0 saturated heterocycles. The number of carbonyl (C=O) groups is 2. The summed E-state index contributed by atoms with van der Waals surface area (Å²) in [6.07, 6.45) is 0.262. The predicted molar refractivity (Wildman–Crippen MR) is 97.7 cm³/mol. The predicted octanol–water partition coefficient (Wildman–Crippen LogP) is 1.40. The quantitative estimate of drug-likeness (QED) is 0.489. The van der Waals surface area contributed by atoms with Gasteiger partial charge in [0.2, 0.25) is 5.91 Å². The molecule has 0 spiro atoms. The van der Waals surface area contributed by atoms with Gasteiger partial charge in [0, 0.05) is 5.39 Å². The number of fused-ring (bicyclic) bond motifs is 1. The van der Waals surface area contributed by atoms with Crippen LogP contribution < -0.4 is 11.1 Å². The van der Waals surface area contributed by atoms with Crippen molar-refractivity contribution in [1.82, 2.24) is 15.3 Å². The Morgan fingerprint density at radius 2 is 2.00 bits per heavy atom. The maximum atomic E-state index is 12.6. The van der Waals surface area contributed by atoms with Gasteiger partial charge in [-0.15, -0.1) is 0 Å². The molecular formula is C18H17ClN4O3. The van der Waals surface area contributed by atoms with Gasteiger partial charge in [-0.25, -0.2) is 4.98 Å². The molecule has 0 bridgehead atoms. The molecule has 2 atom stereocenters. The lowest BCUT2D eigenvalue weighted by Crippen LogP contribution is -2.50. The minimum absolute atomic E-state index is 0.254. The van der Waals surface area contributed by atoms with Crippen molar-refractivity contribution < 1.29 is 14.7 Å². The van der Waals surface area contributed by atoms with Gasteiger partial charge in [-0.05, 0) is 24.1 Å². The largest absolute Gasteiger partial charge is 0.381 e. The third-order valence-electron chi connectivity index (χ3n) is 4.00. The van der Waals surface area contributed by atoms with E-state index < -0.39 is 24.0 Å². The van der Waals surface area contributed by atoms with Gasteiger partial charge in [0.15, 0.2) is 6.10 Å². The van der Waals surface area contributed by atoms with E-state index in [0.29, 0.717) is 10.7 Å². The number of primary amides is 1. The van der Waals surface area contributed by atoms with Crippen LogP contribution in [0.1, 0.15) is 16.1 Å². The van der Waals surface area contributed by atoms with Crippen LogP contribution in [0.15, 0.2) is 48.7 Å². The highest BCUT2D eigenvalue weighted by Gasteiger charge is 2.27. The summed E-state index contributed by atoms with van der Waals surface area (Å²) in [5.41, 5.74) is 6.97. The highest BCUT2D eigenvalue weighted by Crippen LogP contribution is 2.18. The zero-order valence-electron chi connectivity index (χ0n) is 13.6. The normalized spacial score (nSPS) is 13.3. The maximum absolute atomic E-state index is 12.6. The Kier molecular flexibility index (Phi) is 5.20. The molecule has 7 nitrogen and oxygen atoms in total. The van der Waals surface area contributed by atoms with Crippen LogP contribution in [0.25, 0.3) is 10.9 Å². The number of benzene rings is 1. The Hall–Kier alpha value is -2.90. The van der Waals surface area contributed by atoms with Crippen LogP contribution in [0.5, 0.6) is 0 Å². The number of pyridine rings is 1. The molecule has 0 aliphatic carbocycles. The van der Waals surface area contributed by atoms with Crippen molar-refractivity contribution in [2.24, 2.45) is 5.73 Å². The summed E-state index contributed by atoms with van der Waals surface area (Å²) in [5, 5.41) is 13.8. The molecule has 8 heteroatoms. The number of aromatic nitrogens is 2. The van der Waals surface area contributed by atoms with Crippen molar-refractivity contribution in [2.45, 2.75) is 18.6 Å². The highest BCUT2D eigenvalue weighted by molar-refractivity contribution is 6.30. The van der Waals surface area contributed by atoms with Crippen LogP contribution in [0.3, 0.4) is 0 Å². The first-order valence-corrected chi connectivity index (χ1v) is 8.28. The van der Waals surface area contributed by atoms with E-state index in [4.69, 9.17) is 17.3 Å². The molecule has 1 aromatic carbocycles. The number of aliphatic hydroxyl groups is 1. The molecule has 3 aromatic rings. The number of amides is 2. The number of H-pyrrole nitrogens is 1. The van der Waals surface area contributed by atoms with Gasteiger partial charge >= 0.3 is 0 Å². The van der Waals surface area contributed by atoms with Gasteiger partial charge in [0.25, 0.3) is 5.91 Å². The number of hydrogen-bond donors (Lipinski definition) is 4. The molecule has 26 heavy (non-hydrogen) atoms. The molecule has 0 aliphatic rings. The molecule has 134 valence electrons. The lowest BCUT2D eigenvalue weighted by molar-refractivity contribution is -0.127. The van der Waals surface area contributed by atoms with Gasteiger partial charge in [-0.3, -0.25) is 9.59 Å². The molecule has 0 radical (unpaired) electrons. The van der Waals surface area contributed by atoms with E-state index >= 15 is 0 Å². The van der Waals surface area contributed by atoms with Crippen LogP contribution in [-0.4, -0.2) is 39.0 Å². The Balaban J connectivity index is 1.82. The molecule has 2 amide bonds. The SMILES string of the molecule is NC(=O)[C@H](O)[C@H](Cc1ccccc1)NC(=O)c1cc2cc(Cl)ncc2[nH]1. The van der Waals surface area contributed by atoms with E-state index in [1.807, 2.05) is 30.3 Å². The Bertz CT molecular complexity index is 942. The smallest absolute Gasteiger partial charge is 0.268 e. The number of hydrogen-bond acceptors (Lipinski definition) is 4. The maximum Gasteiger partial charge on any atom is 0.268 e. The van der Waals surface area contributed by atoms with E-state index in [0.717, 1.165) is 10.9 Å². The Labute approximate surface area is 154 Å². The minimum atomic E-state index is -1.51. The van der Waals surface area contributed by atoms with Gasteiger partial charge in [-0.1, -0.05) is 41.9 Å². The van der Waals surface area contributed by atoms with Crippen molar-refractivity contribution in [3.63, 3.8) is 0 Å². The molecule has 2 aromatic heterocycles. The van der Waals surface area contributed by atoms with E-state index in [9.17, 15) is 14.7 Å². The number of nitrogens with zero attached hydrogens (tertiary/aromatic N) is 1. The summed E-state index contributed by atoms with van der Waals surface area (Å²) < 4.78 is 0. The van der Waals surface area contributed by atoms with Crippen LogP contribution in [0.4, 0.5) is 0 Å². The summed E-state index contributed by atoms with van der Waals surface area (Å²) in [6, 6.07) is 11.6. The molecule has 2 heterocycles. The zero-order chi connectivity index (χ0) is 18.7. The topological polar surface area (TPSA) is 121 Å². The fourth-order valence-electron chi connectivity index (χ4n) is 2.68. The first kappa shape index (κ1) is 17.9. The van der Waals surface area contributed by atoms with Crippen molar-refractivity contribution in [3.8, 4) is 0 Å². The van der Waals surface area contributed by atoms with Crippen molar-refractivity contribution in [2.75, 3.05) is 0 Å². The fraction of sp³-hybridized carbons (Fsp3) is 0.167. The Morgan fingerprint density at radius 3 is 2.69 bits per heavy atom. The van der Waals surface area contributed by atoms with Gasteiger partial charge in [0.1, 0.15) is 10.8 Å². The summed E-state index contributed by atoms with van der Waals surface area (Å²) in [6.45, 7) is 0. The lowest BCUT2D eigenvalue weighted by Gasteiger charge is -2.22. The molecular weight excluding hydrogens is 356 g/mol. The van der Waals surface area contributed by atoms with E-state index in [2.05, 4.69) is 15.3 Å². The van der Waals surface area contributed by atoms with Crippen LogP contribution in [0.2, 0.25) is 5.15 Å². The highest BCUT2D eigenvalue weighted by atomic mass is 35.5. The number of carbonyl (C=O) groups excluding carboxylic acids is 2. The molecule has 0 saturated carbocycles. The molecule has 0 fully saturated rings. The molecule has 0 aliphatic heterocycles. The second kappa shape index (κ2) is 7.55. The third kappa shape index (κ3) is 4.01. The van der Waals surface area contributed by atoms with Gasteiger partial charge in [-0.2, -0.15) is 0 Å². The third-order valence-corrected chi connectivity index (χ3v) is 4.21. The molecule has 0 unspecified atom stereocenters.